The van der Waals surface area contributed by atoms with Gasteiger partial charge in [0.1, 0.15) is 91.1 Å². The Balaban J connectivity index is 1.78. The Morgan fingerprint density at radius 1 is 0.667 bits per heavy atom. The molecule has 0 aromatic heterocycles. The van der Waals surface area contributed by atoms with E-state index in [0.717, 1.165) is 0 Å². The summed E-state index contributed by atoms with van der Waals surface area (Å²) in [5.41, 5.74) is -2.58. The average Bonchev–Trinajstić information content (AvgIpc) is 2.79. The number of aliphatic hydroxyl groups excluding tert-OH is 11. The van der Waals surface area contributed by atoms with E-state index < -0.39 is 111 Å². The van der Waals surface area contributed by atoms with Crippen LogP contribution in [0.1, 0.15) is 0 Å². The van der Waals surface area contributed by atoms with Crippen LogP contribution in [0.2, 0.25) is 0 Å². The molecule has 1 unspecified atom stereocenters. The van der Waals surface area contributed by atoms with Crippen LogP contribution in [0.3, 0.4) is 0 Å². The van der Waals surface area contributed by atoms with Gasteiger partial charge in [-0.3, -0.25) is 0 Å². The molecule has 0 radical (unpaired) electrons. The summed E-state index contributed by atoms with van der Waals surface area (Å²) in [6, 6.07) is 0. The van der Waals surface area contributed by atoms with Gasteiger partial charge in [-0.2, -0.15) is 0 Å². The van der Waals surface area contributed by atoms with Crippen LogP contribution >= 0.6 is 0 Å². The van der Waals surface area contributed by atoms with Crippen molar-refractivity contribution < 1.29 is 75.5 Å². The Morgan fingerprint density at radius 3 is 1.73 bits per heavy atom. The van der Waals surface area contributed by atoms with E-state index in [1.807, 2.05) is 0 Å². The van der Waals surface area contributed by atoms with Crippen molar-refractivity contribution in [3.05, 3.63) is 0 Å². The molecule has 15 atom stereocenters. The summed E-state index contributed by atoms with van der Waals surface area (Å²) in [6.45, 7) is -2.48. The van der Waals surface area contributed by atoms with Gasteiger partial charge in [0.15, 0.2) is 0 Å². The molecule has 0 aromatic carbocycles. The first-order chi connectivity index (χ1) is 15.4. The highest BCUT2D eigenvalue weighted by molar-refractivity contribution is 5.10. The third kappa shape index (κ3) is 4.53. The summed E-state index contributed by atoms with van der Waals surface area (Å²) in [6.07, 6.45) is -25.3. The SMILES string of the molecule is OC[C@H]1O[C@@H]([C@]2(O)CO[C@H](C(O)[C@@H]3O[C@H](CO)[C@@H](O)[C@H](O)[C@H]3O)[C@@H](O)[C@@H]2O)[C@H](O)[C@@H](O)[C@@H]1O. The maximum atomic E-state index is 11.0. The molecule has 3 saturated heterocycles. The van der Waals surface area contributed by atoms with E-state index in [-0.39, 0.29) is 0 Å². The molecular formula is C18H32O15. The lowest BCUT2D eigenvalue weighted by atomic mass is 9.76. The van der Waals surface area contributed by atoms with Crippen LogP contribution in [0.25, 0.3) is 0 Å². The van der Waals surface area contributed by atoms with Gasteiger partial charge in [0.2, 0.25) is 0 Å². The molecule has 0 bridgehead atoms. The molecule has 3 rings (SSSR count). The topological polar surface area (TPSA) is 270 Å². The Morgan fingerprint density at radius 2 is 1.18 bits per heavy atom. The van der Waals surface area contributed by atoms with Crippen molar-refractivity contribution in [2.45, 2.75) is 91.1 Å². The van der Waals surface area contributed by atoms with Crippen LogP contribution < -0.4 is 0 Å². The van der Waals surface area contributed by atoms with Crippen LogP contribution in [0.5, 0.6) is 0 Å². The number of rotatable bonds is 5. The van der Waals surface area contributed by atoms with Gasteiger partial charge in [0.05, 0.1) is 19.8 Å². The minimum atomic E-state index is -2.58. The summed E-state index contributed by atoms with van der Waals surface area (Å²) in [5.74, 6) is 0. The Hall–Kier alpha value is -0.600. The lowest BCUT2D eigenvalue weighted by Crippen LogP contribution is -2.75. The lowest BCUT2D eigenvalue weighted by molar-refractivity contribution is -0.334. The first-order valence-corrected chi connectivity index (χ1v) is 10.4. The zero-order chi connectivity index (χ0) is 24.8. The van der Waals surface area contributed by atoms with Crippen LogP contribution in [0.15, 0.2) is 0 Å². The molecule has 12 N–H and O–H groups in total. The van der Waals surface area contributed by atoms with E-state index in [2.05, 4.69) is 0 Å². The molecule has 194 valence electrons. The highest BCUT2D eigenvalue weighted by atomic mass is 16.6. The minimum absolute atomic E-state index is 0.776. The van der Waals surface area contributed by atoms with Gasteiger partial charge < -0.3 is 75.5 Å². The fourth-order valence-corrected chi connectivity index (χ4v) is 4.55. The largest absolute Gasteiger partial charge is 0.394 e. The van der Waals surface area contributed by atoms with Crippen LogP contribution in [0.4, 0.5) is 0 Å². The van der Waals surface area contributed by atoms with Crippen molar-refractivity contribution in [3.63, 3.8) is 0 Å². The fraction of sp³-hybridized carbons (Fsp3) is 1.00. The van der Waals surface area contributed by atoms with Crippen LogP contribution in [0, 0.1) is 0 Å². The number of aliphatic hydroxyl groups is 12. The molecule has 0 aromatic rings. The standard InChI is InChI=1S/C18H32O15/c19-1-4-6(21)8(23)10(25)15(32-4)12(27)14-13(28)16(29)18(30,3-31-14)17-11(26)9(24)7(22)5(2-20)33-17/h4-17,19-30H,1-3H2/t4-,5-,6-,7-,8+,9+,10-,11-,12?,13-,14-,15-,16+,17-,18+/m1/s1. The molecule has 3 heterocycles. The van der Waals surface area contributed by atoms with E-state index in [4.69, 9.17) is 14.2 Å². The van der Waals surface area contributed by atoms with E-state index in [1.165, 1.54) is 0 Å². The van der Waals surface area contributed by atoms with Gasteiger partial charge >= 0.3 is 0 Å². The maximum absolute atomic E-state index is 11.0. The van der Waals surface area contributed by atoms with Crippen molar-refractivity contribution in [2.75, 3.05) is 19.8 Å². The molecule has 0 spiro atoms. The highest BCUT2D eigenvalue weighted by Gasteiger charge is 2.61. The van der Waals surface area contributed by atoms with Crippen molar-refractivity contribution in [1.82, 2.24) is 0 Å². The zero-order valence-corrected chi connectivity index (χ0v) is 17.3. The lowest BCUT2D eigenvalue weighted by Gasteiger charge is -2.53. The Kier molecular flexibility index (Phi) is 8.32. The van der Waals surface area contributed by atoms with Crippen LogP contribution in [-0.2, 0) is 14.2 Å². The third-order valence-corrected chi connectivity index (χ3v) is 6.67. The average molecular weight is 488 g/mol. The molecule has 3 fully saturated rings. The molecule has 0 amide bonds. The predicted molar refractivity (Wildman–Crippen MR) is 100 cm³/mol. The maximum Gasteiger partial charge on any atom is 0.145 e. The van der Waals surface area contributed by atoms with Crippen molar-refractivity contribution in [3.8, 4) is 0 Å². The first kappa shape index (κ1) is 27.0. The van der Waals surface area contributed by atoms with E-state index in [9.17, 15) is 61.3 Å². The second-order valence-electron chi connectivity index (χ2n) is 8.74. The van der Waals surface area contributed by atoms with E-state index in [1.54, 1.807) is 0 Å². The van der Waals surface area contributed by atoms with Crippen molar-refractivity contribution >= 4 is 0 Å². The van der Waals surface area contributed by atoms with Crippen molar-refractivity contribution in [2.24, 2.45) is 0 Å². The second-order valence-corrected chi connectivity index (χ2v) is 8.74. The Labute approximate surface area is 187 Å². The molecule has 15 heteroatoms. The number of hydrogen-bond acceptors (Lipinski definition) is 15. The minimum Gasteiger partial charge on any atom is -0.394 e. The van der Waals surface area contributed by atoms with Gasteiger partial charge in [0.25, 0.3) is 0 Å². The first-order valence-electron chi connectivity index (χ1n) is 10.4. The summed E-state index contributed by atoms with van der Waals surface area (Å²) in [7, 11) is 0. The second kappa shape index (κ2) is 10.2. The van der Waals surface area contributed by atoms with Crippen LogP contribution in [-0.4, -0.2) is 172 Å². The molecule has 15 nitrogen and oxygen atoms in total. The molecule has 3 aliphatic rings. The van der Waals surface area contributed by atoms with Gasteiger partial charge in [0, 0.05) is 0 Å². The normalized spacial score (nSPS) is 54.7. The summed E-state index contributed by atoms with van der Waals surface area (Å²) >= 11 is 0. The molecule has 33 heavy (non-hydrogen) atoms. The van der Waals surface area contributed by atoms with Gasteiger partial charge in [-0.1, -0.05) is 0 Å². The van der Waals surface area contributed by atoms with E-state index in [0.29, 0.717) is 0 Å². The summed E-state index contributed by atoms with van der Waals surface area (Å²) < 4.78 is 15.8. The smallest absolute Gasteiger partial charge is 0.145 e. The Bertz CT molecular complexity index is 648. The predicted octanol–water partition coefficient (Wildman–Crippen LogP) is -8.12. The van der Waals surface area contributed by atoms with Gasteiger partial charge in [-0.15, -0.1) is 0 Å². The molecular weight excluding hydrogens is 456 g/mol. The number of hydrogen-bond donors (Lipinski definition) is 12. The fourth-order valence-electron chi connectivity index (χ4n) is 4.55. The van der Waals surface area contributed by atoms with Gasteiger partial charge in [-0.25, -0.2) is 0 Å². The molecule has 3 aliphatic heterocycles. The molecule has 0 aliphatic carbocycles. The quantitative estimate of drug-likeness (QED) is 0.171. The molecule has 0 saturated carbocycles. The zero-order valence-electron chi connectivity index (χ0n) is 17.3. The van der Waals surface area contributed by atoms with E-state index >= 15 is 0 Å². The van der Waals surface area contributed by atoms with Crippen molar-refractivity contribution in [1.29, 1.82) is 0 Å². The third-order valence-electron chi connectivity index (χ3n) is 6.67. The highest BCUT2D eigenvalue weighted by Crippen LogP contribution is 2.37. The summed E-state index contributed by atoms with van der Waals surface area (Å²) in [5, 5.41) is 121. The monoisotopic (exact) mass is 488 g/mol. The number of ether oxygens (including phenoxy) is 3. The summed E-state index contributed by atoms with van der Waals surface area (Å²) in [4.78, 5) is 0. The van der Waals surface area contributed by atoms with Gasteiger partial charge in [-0.05, 0) is 0 Å².